The lowest BCUT2D eigenvalue weighted by molar-refractivity contribution is 0.267. The second-order valence-corrected chi connectivity index (χ2v) is 5.95. The van der Waals surface area contributed by atoms with E-state index >= 15 is 0 Å². The van der Waals surface area contributed by atoms with Crippen molar-refractivity contribution in [3.63, 3.8) is 0 Å². The minimum Gasteiger partial charge on any atom is -0.370 e. The molecule has 0 amide bonds. The summed E-state index contributed by atoms with van der Waals surface area (Å²) in [7, 11) is 2.17. The van der Waals surface area contributed by atoms with Crippen LogP contribution in [0.15, 0.2) is 4.99 Å². The Balaban J connectivity index is 0.00000200. The molecule has 0 aliphatic carbocycles. The summed E-state index contributed by atoms with van der Waals surface area (Å²) in [4.78, 5) is 9.37. The molecule has 0 bridgehead atoms. The number of hydrogen-bond acceptors (Lipinski definition) is 3. The van der Waals surface area contributed by atoms with Crippen molar-refractivity contribution in [2.45, 2.75) is 32.2 Å². The van der Waals surface area contributed by atoms with Crippen LogP contribution in [0.25, 0.3) is 0 Å². The van der Waals surface area contributed by atoms with Crippen molar-refractivity contribution in [2.24, 2.45) is 16.6 Å². The highest BCUT2D eigenvalue weighted by molar-refractivity contribution is 14.0. The van der Waals surface area contributed by atoms with Crippen molar-refractivity contribution in [1.29, 1.82) is 0 Å². The van der Waals surface area contributed by atoms with Gasteiger partial charge in [-0.2, -0.15) is 0 Å². The van der Waals surface area contributed by atoms with Crippen molar-refractivity contribution < 1.29 is 0 Å². The van der Waals surface area contributed by atoms with Gasteiger partial charge in [0, 0.05) is 25.7 Å². The maximum Gasteiger partial charge on any atom is 0.188 e. The molecule has 20 heavy (non-hydrogen) atoms. The normalized spacial score (nSPS) is 28.6. The standard InChI is InChI=1S/C14H29N5.HI/c1-3-19-7-4-5-13(19)10-17-14(15)16-9-12-6-8-18(2)11-12;/h12-13H,3-11H2,1-2H3,(H3,15,16,17);1H. The lowest BCUT2D eigenvalue weighted by atomic mass is 10.1. The molecule has 2 fully saturated rings. The van der Waals surface area contributed by atoms with Crippen molar-refractivity contribution in [3.05, 3.63) is 0 Å². The summed E-state index contributed by atoms with van der Waals surface area (Å²) in [5.41, 5.74) is 5.96. The Morgan fingerprint density at radius 1 is 1.35 bits per heavy atom. The smallest absolute Gasteiger partial charge is 0.188 e. The molecule has 0 aromatic rings. The van der Waals surface area contributed by atoms with E-state index in [1.54, 1.807) is 0 Å². The van der Waals surface area contributed by atoms with Crippen molar-refractivity contribution in [2.75, 3.05) is 46.3 Å². The number of likely N-dealkylation sites (N-methyl/N-ethyl adjacent to an activating group) is 1. The third kappa shape index (κ3) is 5.37. The average Bonchev–Trinajstić information content (AvgIpc) is 3.02. The van der Waals surface area contributed by atoms with E-state index in [2.05, 4.69) is 34.1 Å². The Labute approximate surface area is 140 Å². The third-order valence-corrected chi connectivity index (χ3v) is 4.43. The van der Waals surface area contributed by atoms with Crippen LogP contribution in [0, 0.1) is 5.92 Å². The first-order valence-corrected chi connectivity index (χ1v) is 7.65. The fourth-order valence-electron chi connectivity index (χ4n) is 3.22. The van der Waals surface area contributed by atoms with Gasteiger partial charge in [0.1, 0.15) is 0 Å². The van der Waals surface area contributed by atoms with Crippen LogP contribution in [0.4, 0.5) is 0 Å². The van der Waals surface area contributed by atoms with Crippen LogP contribution in [-0.4, -0.2) is 68.1 Å². The molecule has 118 valence electrons. The molecule has 0 aromatic heterocycles. The van der Waals surface area contributed by atoms with E-state index in [0.717, 1.165) is 26.2 Å². The second-order valence-electron chi connectivity index (χ2n) is 5.95. The molecular weight excluding hydrogens is 365 g/mol. The van der Waals surface area contributed by atoms with Crippen LogP contribution in [0.2, 0.25) is 0 Å². The van der Waals surface area contributed by atoms with E-state index in [-0.39, 0.29) is 24.0 Å². The molecule has 0 aromatic carbocycles. The quantitative estimate of drug-likeness (QED) is 0.414. The molecule has 2 aliphatic rings. The Kier molecular flexibility index (Phi) is 8.13. The number of halogens is 1. The minimum atomic E-state index is 0. The van der Waals surface area contributed by atoms with Crippen molar-refractivity contribution in [3.8, 4) is 0 Å². The molecule has 2 heterocycles. The summed E-state index contributed by atoms with van der Waals surface area (Å²) in [6, 6.07) is 0.636. The monoisotopic (exact) mass is 395 g/mol. The number of hydrogen-bond donors (Lipinski definition) is 2. The van der Waals surface area contributed by atoms with Gasteiger partial charge in [-0.25, -0.2) is 0 Å². The third-order valence-electron chi connectivity index (χ3n) is 4.43. The number of aliphatic imine (C=N–C) groups is 1. The summed E-state index contributed by atoms with van der Waals surface area (Å²) >= 11 is 0. The number of rotatable bonds is 5. The van der Waals surface area contributed by atoms with Crippen LogP contribution in [0.1, 0.15) is 26.2 Å². The summed E-state index contributed by atoms with van der Waals surface area (Å²) in [5, 5.41) is 3.30. The molecule has 0 saturated carbocycles. The molecule has 5 nitrogen and oxygen atoms in total. The van der Waals surface area contributed by atoms with Crippen LogP contribution in [-0.2, 0) is 0 Å². The Hall–Kier alpha value is -0.0800. The number of guanidine groups is 1. The largest absolute Gasteiger partial charge is 0.370 e. The van der Waals surface area contributed by atoms with E-state index in [0.29, 0.717) is 17.9 Å². The second kappa shape index (κ2) is 9.04. The minimum absolute atomic E-state index is 0. The van der Waals surface area contributed by atoms with Gasteiger partial charge in [0.05, 0.1) is 0 Å². The molecular formula is C14H30IN5. The molecule has 0 radical (unpaired) electrons. The topological polar surface area (TPSA) is 56.9 Å². The van der Waals surface area contributed by atoms with Crippen LogP contribution < -0.4 is 11.1 Å². The first kappa shape index (κ1) is 18.0. The molecule has 6 heteroatoms. The maximum absolute atomic E-state index is 5.96. The van der Waals surface area contributed by atoms with Gasteiger partial charge < -0.3 is 16.0 Å². The first-order chi connectivity index (χ1) is 9.19. The summed E-state index contributed by atoms with van der Waals surface area (Å²) in [6.07, 6.45) is 3.84. The highest BCUT2D eigenvalue weighted by Crippen LogP contribution is 2.16. The molecule has 2 aliphatic heterocycles. The number of nitrogens with zero attached hydrogens (tertiary/aromatic N) is 3. The zero-order valence-corrected chi connectivity index (χ0v) is 15.2. The number of nitrogens with one attached hydrogen (secondary N) is 1. The van der Waals surface area contributed by atoms with E-state index in [1.165, 1.54) is 32.4 Å². The molecule has 0 spiro atoms. The molecule has 2 atom stereocenters. The molecule has 3 N–H and O–H groups in total. The predicted molar refractivity (Wildman–Crippen MR) is 95.8 cm³/mol. The van der Waals surface area contributed by atoms with Gasteiger partial charge in [-0.05, 0) is 51.9 Å². The van der Waals surface area contributed by atoms with E-state index in [9.17, 15) is 0 Å². The highest BCUT2D eigenvalue weighted by Gasteiger charge is 2.22. The summed E-state index contributed by atoms with van der Waals surface area (Å²) in [6.45, 7) is 8.75. The van der Waals surface area contributed by atoms with E-state index in [1.807, 2.05) is 0 Å². The Morgan fingerprint density at radius 2 is 2.15 bits per heavy atom. The van der Waals surface area contributed by atoms with Gasteiger partial charge in [0.15, 0.2) is 5.96 Å². The van der Waals surface area contributed by atoms with E-state index < -0.39 is 0 Å². The Morgan fingerprint density at radius 3 is 2.80 bits per heavy atom. The molecule has 2 rings (SSSR count). The zero-order chi connectivity index (χ0) is 13.7. The van der Waals surface area contributed by atoms with Crippen LogP contribution in [0.3, 0.4) is 0 Å². The summed E-state index contributed by atoms with van der Waals surface area (Å²) in [5.74, 6) is 1.31. The average molecular weight is 395 g/mol. The lowest BCUT2D eigenvalue weighted by Crippen LogP contribution is -2.42. The number of nitrogens with two attached hydrogens (primary N) is 1. The Bertz CT molecular complexity index is 310. The lowest BCUT2D eigenvalue weighted by Gasteiger charge is -2.23. The van der Waals surface area contributed by atoms with Crippen molar-refractivity contribution in [1.82, 2.24) is 15.1 Å². The highest BCUT2D eigenvalue weighted by atomic mass is 127. The van der Waals surface area contributed by atoms with Gasteiger partial charge in [-0.1, -0.05) is 6.92 Å². The van der Waals surface area contributed by atoms with Gasteiger partial charge in [-0.3, -0.25) is 9.89 Å². The fourth-order valence-corrected chi connectivity index (χ4v) is 3.22. The zero-order valence-electron chi connectivity index (χ0n) is 12.8. The first-order valence-electron chi connectivity index (χ1n) is 7.65. The molecule has 2 unspecified atom stereocenters. The number of likely N-dealkylation sites (tertiary alicyclic amines) is 2. The van der Waals surface area contributed by atoms with Crippen LogP contribution in [0.5, 0.6) is 0 Å². The summed E-state index contributed by atoms with van der Waals surface area (Å²) < 4.78 is 0. The fraction of sp³-hybridized carbons (Fsp3) is 0.929. The SMILES string of the molecule is CCN1CCCC1CNC(N)=NCC1CCN(C)C1.I. The van der Waals surface area contributed by atoms with Crippen molar-refractivity contribution >= 4 is 29.9 Å². The van der Waals surface area contributed by atoms with E-state index in [4.69, 9.17) is 5.73 Å². The van der Waals surface area contributed by atoms with Crippen LogP contribution >= 0.6 is 24.0 Å². The van der Waals surface area contributed by atoms with Gasteiger partial charge in [-0.15, -0.1) is 24.0 Å². The van der Waals surface area contributed by atoms with Gasteiger partial charge >= 0.3 is 0 Å². The predicted octanol–water partition coefficient (Wildman–Crippen LogP) is 0.945. The molecule has 2 saturated heterocycles. The van der Waals surface area contributed by atoms with Gasteiger partial charge in [0.2, 0.25) is 0 Å². The van der Waals surface area contributed by atoms with Gasteiger partial charge in [0.25, 0.3) is 0 Å². The maximum atomic E-state index is 5.96.